The number of benzene rings is 1. The molecule has 2 atom stereocenters. The van der Waals surface area contributed by atoms with Crippen molar-refractivity contribution < 1.29 is 4.74 Å². The van der Waals surface area contributed by atoms with Crippen molar-refractivity contribution in [3.05, 3.63) is 78.4 Å². The zero-order valence-corrected chi connectivity index (χ0v) is 18.0. The summed E-state index contributed by atoms with van der Waals surface area (Å²) in [5.74, 6) is 0.790. The summed E-state index contributed by atoms with van der Waals surface area (Å²) in [6, 6.07) is 16.0. The minimum atomic E-state index is -0.0653. The molecule has 0 amide bonds. The number of nitrogens with one attached hydrogen (secondary N) is 1. The summed E-state index contributed by atoms with van der Waals surface area (Å²) >= 11 is 5.79. The van der Waals surface area contributed by atoms with Gasteiger partial charge in [-0.15, -0.1) is 0 Å². The minimum absolute atomic E-state index is 0.000548. The fourth-order valence-corrected chi connectivity index (χ4v) is 4.13. The summed E-state index contributed by atoms with van der Waals surface area (Å²) < 4.78 is 7.88. The second-order valence-corrected chi connectivity index (χ2v) is 8.58. The standard InChI is InChI=1S/C23H26N4OS/c1-23(2,3)26-14-12-16(15-26)21-20(17-9-7-8-13-24-17)25-22(29)27(21)18-10-5-6-11-19(18)28-4/h5-15,20-21H,1-4H3,(H,25,29). The zero-order chi connectivity index (χ0) is 20.6. The monoisotopic (exact) mass is 406 g/mol. The van der Waals surface area contributed by atoms with Crippen LogP contribution in [0.25, 0.3) is 0 Å². The summed E-state index contributed by atoms with van der Waals surface area (Å²) in [4.78, 5) is 6.76. The van der Waals surface area contributed by atoms with Crippen molar-refractivity contribution in [1.82, 2.24) is 14.9 Å². The first-order valence-electron chi connectivity index (χ1n) is 9.72. The lowest BCUT2D eigenvalue weighted by Gasteiger charge is -2.28. The van der Waals surface area contributed by atoms with Gasteiger partial charge in [0.15, 0.2) is 5.11 Å². The van der Waals surface area contributed by atoms with E-state index in [2.05, 4.69) is 59.0 Å². The third-order valence-corrected chi connectivity index (χ3v) is 5.59. The lowest BCUT2D eigenvalue weighted by atomic mass is 9.98. The molecule has 29 heavy (non-hydrogen) atoms. The van der Waals surface area contributed by atoms with Crippen LogP contribution in [0.3, 0.4) is 0 Å². The molecule has 1 saturated heterocycles. The number of ether oxygens (including phenoxy) is 1. The van der Waals surface area contributed by atoms with E-state index in [1.807, 2.05) is 48.7 Å². The molecule has 0 saturated carbocycles. The Kier molecular flexibility index (Phi) is 5.04. The molecule has 1 N–H and O–H groups in total. The predicted octanol–water partition coefficient (Wildman–Crippen LogP) is 4.82. The molecule has 1 aliphatic heterocycles. The van der Waals surface area contributed by atoms with E-state index < -0.39 is 0 Å². The molecule has 0 bridgehead atoms. The van der Waals surface area contributed by atoms with Crippen molar-refractivity contribution in [3.8, 4) is 5.75 Å². The minimum Gasteiger partial charge on any atom is -0.495 e. The van der Waals surface area contributed by atoms with Gasteiger partial charge in [-0.05, 0) is 68.9 Å². The van der Waals surface area contributed by atoms with Crippen LogP contribution in [0.15, 0.2) is 67.1 Å². The Hall–Kier alpha value is -2.86. The quantitative estimate of drug-likeness (QED) is 0.629. The van der Waals surface area contributed by atoms with Gasteiger partial charge in [-0.25, -0.2) is 0 Å². The van der Waals surface area contributed by atoms with Gasteiger partial charge in [0.05, 0.1) is 30.6 Å². The van der Waals surface area contributed by atoms with E-state index in [-0.39, 0.29) is 17.6 Å². The summed E-state index contributed by atoms with van der Waals surface area (Å²) in [6.45, 7) is 6.59. The van der Waals surface area contributed by atoms with Crippen LogP contribution in [0.4, 0.5) is 5.69 Å². The van der Waals surface area contributed by atoms with Gasteiger partial charge in [-0.3, -0.25) is 4.98 Å². The first kappa shape index (κ1) is 19.5. The van der Waals surface area contributed by atoms with Crippen molar-refractivity contribution >= 4 is 23.0 Å². The van der Waals surface area contributed by atoms with Crippen LogP contribution in [0.5, 0.6) is 5.75 Å². The SMILES string of the molecule is COc1ccccc1N1C(=S)NC(c2ccccn2)C1c1ccn(C(C)(C)C)c1. The van der Waals surface area contributed by atoms with E-state index in [9.17, 15) is 0 Å². The summed E-state index contributed by atoms with van der Waals surface area (Å²) in [5, 5.41) is 4.16. The molecule has 1 fully saturated rings. The topological polar surface area (TPSA) is 42.3 Å². The highest BCUT2D eigenvalue weighted by Crippen LogP contribution is 2.44. The molecule has 4 rings (SSSR count). The maximum absolute atomic E-state index is 5.79. The number of pyridine rings is 1. The van der Waals surface area contributed by atoms with Gasteiger partial charge in [-0.2, -0.15) is 0 Å². The van der Waals surface area contributed by atoms with Crippen LogP contribution in [-0.2, 0) is 5.54 Å². The van der Waals surface area contributed by atoms with Gasteiger partial charge in [0.2, 0.25) is 0 Å². The van der Waals surface area contributed by atoms with Gasteiger partial charge < -0.3 is 19.5 Å². The molecular formula is C23H26N4OS. The molecule has 1 aromatic carbocycles. The van der Waals surface area contributed by atoms with Gasteiger partial charge in [-0.1, -0.05) is 18.2 Å². The Balaban J connectivity index is 1.85. The molecule has 3 aromatic rings. The molecular weight excluding hydrogens is 380 g/mol. The van der Waals surface area contributed by atoms with Crippen LogP contribution in [-0.4, -0.2) is 21.8 Å². The largest absolute Gasteiger partial charge is 0.495 e. The van der Waals surface area contributed by atoms with E-state index in [1.165, 1.54) is 5.56 Å². The maximum Gasteiger partial charge on any atom is 0.174 e. The number of methoxy groups -OCH3 is 1. The van der Waals surface area contributed by atoms with E-state index in [1.54, 1.807) is 7.11 Å². The number of hydrogen-bond donors (Lipinski definition) is 1. The van der Waals surface area contributed by atoms with Gasteiger partial charge in [0, 0.05) is 24.1 Å². The third kappa shape index (κ3) is 3.60. The average Bonchev–Trinajstić information content (AvgIpc) is 3.33. The van der Waals surface area contributed by atoms with Crippen molar-refractivity contribution in [2.24, 2.45) is 0 Å². The van der Waals surface area contributed by atoms with Crippen molar-refractivity contribution in [1.29, 1.82) is 0 Å². The molecule has 6 heteroatoms. The molecule has 150 valence electrons. The highest BCUT2D eigenvalue weighted by Gasteiger charge is 2.42. The van der Waals surface area contributed by atoms with Crippen LogP contribution in [0, 0.1) is 0 Å². The number of aromatic nitrogens is 2. The van der Waals surface area contributed by atoms with E-state index in [4.69, 9.17) is 17.0 Å². The predicted molar refractivity (Wildman–Crippen MR) is 120 cm³/mol. The molecule has 2 aromatic heterocycles. The van der Waals surface area contributed by atoms with Crippen LogP contribution in [0.2, 0.25) is 0 Å². The van der Waals surface area contributed by atoms with Crippen molar-refractivity contribution in [3.63, 3.8) is 0 Å². The average molecular weight is 407 g/mol. The van der Waals surface area contributed by atoms with Gasteiger partial charge in [0.1, 0.15) is 5.75 Å². The van der Waals surface area contributed by atoms with Gasteiger partial charge in [0.25, 0.3) is 0 Å². The summed E-state index contributed by atoms with van der Waals surface area (Å²) in [5.41, 5.74) is 3.08. The smallest absolute Gasteiger partial charge is 0.174 e. The normalized spacial score (nSPS) is 19.3. The Morgan fingerprint density at radius 2 is 1.83 bits per heavy atom. The lowest BCUT2D eigenvalue weighted by Crippen LogP contribution is -2.29. The highest BCUT2D eigenvalue weighted by molar-refractivity contribution is 7.80. The Morgan fingerprint density at radius 1 is 1.07 bits per heavy atom. The third-order valence-electron chi connectivity index (χ3n) is 5.27. The molecule has 0 aliphatic carbocycles. The number of thiocarbonyl (C=S) groups is 1. The first-order valence-corrected chi connectivity index (χ1v) is 10.1. The van der Waals surface area contributed by atoms with Crippen LogP contribution >= 0.6 is 12.2 Å². The number of para-hydroxylation sites is 2. The molecule has 5 nitrogen and oxygen atoms in total. The Bertz CT molecular complexity index is 1010. The van der Waals surface area contributed by atoms with E-state index >= 15 is 0 Å². The first-order chi connectivity index (χ1) is 13.9. The van der Waals surface area contributed by atoms with Crippen molar-refractivity contribution in [2.45, 2.75) is 38.4 Å². The van der Waals surface area contributed by atoms with E-state index in [0.717, 1.165) is 17.1 Å². The number of rotatable bonds is 4. The van der Waals surface area contributed by atoms with Gasteiger partial charge >= 0.3 is 0 Å². The molecule has 2 unspecified atom stereocenters. The second kappa shape index (κ2) is 7.52. The van der Waals surface area contributed by atoms with Crippen LogP contribution < -0.4 is 15.0 Å². The number of hydrogen-bond acceptors (Lipinski definition) is 3. The fraction of sp³-hybridized carbons (Fsp3) is 0.304. The maximum atomic E-state index is 5.79. The van der Waals surface area contributed by atoms with E-state index in [0.29, 0.717) is 5.11 Å². The number of nitrogens with zero attached hydrogens (tertiary/aromatic N) is 3. The summed E-state index contributed by atoms with van der Waals surface area (Å²) in [7, 11) is 1.69. The Morgan fingerprint density at radius 3 is 2.48 bits per heavy atom. The summed E-state index contributed by atoms with van der Waals surface area (Å²) in [6.07, 6.45) is 6.16. The molecule has 0 radical (unpaired) electrons. The zero-order valence-electron chi connectivity index (χ0n) is 17.2. The highest BCUT2D eigenvalue weighted by atomic mass is 32.1. The molecule has 3 heterocycles. The second-order valence-electron chi connectivity index (χ2n) is 8.19. The lowest BCUT2D eigenvalue weighted by molar-refractivity contribution is 0.396. The van der Waals surface area contributed by atoms with Crippen molar-refractivity contribution in [2.75, 3.05) is 12.0 Å². The van der Waals surface area contributed by atoms with Crippen LogP contribution in [0.1, 0.15) is 44.1 Å². The molecule has 0 spiro atoms. The number of anilines is 1. The fourth-order valence-electron chi connectivity index (χ4n) is 3.79. The Labute approximate surface area is 177 Å². The molecule has 1 aliphatic rings.